The second-order valence-corrected chi connectivity index (χ2v) is 11.2. The van der Waals surface area contributed by atoms with E-state index >= 15 is 0 Å². The maximum atomic E-state index is 11.5. The summed E-state index contributed by atoms with van der Waals surface area (Å²) in [6.07, 6.45) is 4.07. The standard InChI is InChI=1S/C31H29ClN4O3S/c1-19-12-15-35(16-13-19)25-9-8-22(18-23(25)32)36-29(28(34-31(36)40)24-7-2-3-14-33-24)27-11-10-26(39-27)20-5-4-6-21(17-20)30(37)38/h2-11,14,17-19,28-29H,12-13,15-16H2,1H3,(H,34,40)(H,37,38)/t28-,29+/m0/s1. The number of rotatable bonds is 6. The number of piperidine rings is 1. The minimum absolute atomic E-state index is 0.199. The smallest absolute Gasteiger partial charge is 0.335 e. The number of nitrogens with zero attached hydrogens (tertiary/aromatic N) is 3. The normalized spacial score (nSPS) is 19.6. The van der Waals surface area contributed by atoms with E-state index in [1.165, 1.54) is 0 Å². The number of aromatic carboxylic acids is 1. The number of halogens is 1. The molecule has 7 nitrogen and oxygen atoms in total. The highest BCUT2D eigenvalue weighted by Gasteiger charge is 2.43. The Labute approximate surface area is 243 Å². The SMILES string of the molecule is CC1CCN(c2ccc(N3C(=S)N[C@@H](c4ccccn4)[C@H]3c3ccc(-c4cccc(C(=O)O)c4)o3)cc2Cl)CC1. The molecule has 2 aromatic heterocycles. The maximum Gasteiger partial charge on any atom is 0.335 e. The maximum absolute atomic E-state index is 11.5. The number of benzene rings is 2. The van der Waals surface area contributed by atoms with Crippen LogP contribution in [0, 0.1) is 5.92 Å². The fourth-order valence-corrected chi connectivity index (χ4v) is 6.19. The summed E-state index contributed by atoms with van der Waals surface area (Å²) < 4.78 is 6.40. The lowest BCUT2D eigenvalue weighted by Gasteiger charge is -2.33. The van der Waals surface area contributed by atoms with Gasteiger partial charge in [-0.1, -0.05) is 36.7 Å². The van der Waals surface area contributed by atoms with Crippen LogP contribution in [0.3, 0.4) is 0 Å². The molecule has 0 unspecified atom stereocenters. The molecule has 4 aromatic rings. The van der Waals surface area contributed by atoms with Crippen LogP contribution in [0.4, 0.5) is 11.4 Å². The molecule has 6 rings (SSSR count). The summed E-state index contributed by atoms with van der Waals surface area (Å²) >= 11 is 12.7. The number of carboxylic acids is 1. The highest BCUT2D eigenvalue weighted by molar-refractivity contribution is 7.80. The van der Waals surface area contributed by atoms with Crippen LogP contribution in [0.15, 0.2) is 83.4 Å². The molecule has 2 atom stereocenters. The number of aromatic nitrogens is 1. The first-order chi connectivity index (χ1) is 19.4. The van der Waals surface area contributed by atoms with Gasteiger partial charge in [-0.25, -0.2) is 4.79 Å². The highest BCUT2D eigenvalue weighted by atomic mass is 35.5. The number of hydrogen-bond donors (Lipinski definition) is 2. The van der Waals surface area contributed by atoms with Gasteiger partial charge in [0.15, 0.2) is 5.11 Å². The van der Waals surface area contributed by atoms with Crippen molar-refractivity contribution in [3.05, 3.63) is 101 Å². The van der Waals surface area contributed by atoms with E-state index in [1.807, 2.05) is 47.4 Å². The molecule has 2 N–H and O–H groups in total. The molecule has 4 heterocycles. The van der Waals surface area contributed by atoms with Crippen molar-refractivity contribution in [3.63, 3.8) is 0 Å². The van der Waals surface area contributed by atoms with Crippen molar-refractivity contribution in [3.8, 4) is 11.3 Å². The Bertz CT molecular complexity index is 1550. The first kappa shape index (κ1) is 26.3. The lowest BCUT2D eigenvalue weighted by atomic mass is 9.98. The Morgan fingerprint density at radius 3 is 2.62 bits per heavy atom. The Balaban J connectivity index is 1.38. The van der Waals surface area contributed by atoms with Crippen molar-refractivity contribution in [1.82, 2.24) is 10.3 Å². The summed E-state index contributed by atoms with van der Waals surface area (Å²) in [5.74, 6) is 0.989. The quantitative estimate of drug-likeness (QED) is 0.237. The molecule has 2 saturated heterocycles. The van der Waals surface area contributed by atoms with Gasteiger partial charge in [0.1, 0.15) is 17.6 Å². The molecule has 2 aromatic carbocycles. The number of carboxylic acid groups (broad SMARTS) is 1. The molecule has 0 bridgehead atoms. The van der Waals surface area contributed by atoms with Crippen molar-refractivity contribution >= 4 is 46.3 Å². The summed E-state index contributed by atoms with van der Waals surface area (Å²) in [5.41, 5.74) is 3.60. The van der Waals surface area contributed by atoms with E-state index in [9.17, 15) is 9.90 Å². The predicted octanol–water partition coefficient (Wildman–Crippen LogP) is 7.11. The number of hydrogen-bond acceptors (Lipinski definition) is 5. The first-order valence-electron chi connectivity index (χ1n) is 13.4. The van der Waals surface area contributed by atoms with Crippen LogP contribution < -0.4 is 15.1 Å². The molecule has 0 aliphatic carbocycles. The van der Waals surface area contributed by atoms with Gasteiger partial charge >= 0.3 is 5.97 Å². The van der Waals surface area contributed by atoms with Gasteiger partial charge in [-0.15, -0.1) is 0 Å². The molecule has 9 heteroatoms. The summed E-state index contributed by atoms with van der Waals surface area (Å²) in [7, 11) is 0. The zero-order chi connectivity index (χ0) is 27.8. The van der Waals surface area contributed by atoms with E-state index in [0.717, 1.165) is 48.9 Å². The van der Waals surface area contributed by atoms with Crippen molar-refractivity contribution in [2.75, 3.05) is 22.9 Å². The molecule has 204 valence electrons. The van der Waals surface area contributed by atoms with Crippen molar-refractivity contribution in [2.24, 2.45) is 5.92 Å². The van der Waals surface area contributed by atoms with Crippen LogP contribution in [0.5, 0.6) is 0 Å². The van der Waals surface area contributed by atoms with Gasteiger partial charge < -0.3 is 24.6 Å². The average molecular weight is 573 g/mol. The number of thiocarbonyl (C=S) groups is 1. The summed E-state index contributed by atoms with van der Waals surface area (Å²) in [5, 5.41) is 14.1. The summed E-state index contributed by atoms with van der Waals surface area (Å²) in [6, 6.07) is 21.7. The number of nitrogens with one attached hydrogen (secondary N) is 1. The van der Waals surface area contributed by atoms with E-state index in [0.29, 0.717) is 27.2 Å². The van der Waals surface area contributed by atoms with E-state index in [1.54, 1.807) is 24.4 Å². The zero-order valence-corrected chi connectivity index (χ0v) is 23.5. The molecule has 2 aliphatic rings. The minimum atomic E-state index is -0.986. The van der Waals surface area contributed by atoms with Crippen LogP contribution in [0.2, 0.25) is 5.02 Å². The number of pyridine rings is 1. The average Bonchev–Trinajstić information content (AvgIpc) is 3.59. The van der Waals surface area contributed by atoms with Gasteiger partial charge in [-0.05, 0) is 85.6 Å². The third kappa shape index (κ3) is 5.05. The van der Waals surface area contributed by atoms with Gasteiger partial charge in [0.2, 0.25) is 0 Å². The first-order valence-corrected chi connectivity index (χ1v) is 14.2. The predicted molar refractivity (Wildman–Crippen MR) is 161 cm³/mol. The topological polar surface area (TPSA) is 81.8 Å². The van der Waals surface area contributed by atoms with Gasteiger partial charge in [-0.2, -0.15) is 0 Å². The van der Waals surface area contributed by atoms with Gasteiger partial charge in [0.05, 0.1) is 28.0 Å². The fraction of sp³-hybridized carbons (Fsp3) is 0.258. The van der Waals surface area contributed by atoms with Crippen LogP contribution in [0.25, 0.3) is 11.3 Å². The molecular weight excluding hydrogens is 544 g/mol. The van der Waals surface area contributed by atoms with E-state index in [2.05, 4.69) is 34.3 Å². The third-order valence-corrected chi connectivity index (χ3v) is 8.36. The zero-order valence-electron chi connectivity index (χ0n) is 22.0. The van der Waals surface area contributed by atoms with Crippen molar-refractivity contribution in [2.45, 2.75) is 31.8 Å². The van der Waals surface area contributed by atoms with Gasteiger partial charge in [-0.3, -0.25) is 4.98 Å². The monoisotopic (exact) mass is 572 g/mol. The Morgan fingerprint density at radius 2 is 1.90 bits per heavy atom. The largest absolute Gasteiger partial charge is 0.478 e. The molecule has 0 spiro atoms. The second kappa shape index (κ2) is 10.9. The Kier molecular flexibility index (Phi) is 7.21. The molecular formula is C31H29ClN4O3S. The fourth-order valence-electron chi connectivity index (χ4n) is 5.55. The number of carbonyl (C=O) groups is 1. The number of anilines is 2. The van der Waals surface area contributed by atoms with Gasteiger partial charge in [0, 0.05) is 30.5 Å². The third-order valence-electron chi connectivity index (χ3n) is 7.74. The Hall–Kier alpha value is -3.88. The highest BCUT2D eigenvalue weighted by Crippen LogP contribution is 2.44. The summed E-state index contributed by atoms with van der Waals surface area (Å²) in [6.45, 7) is 4.28. The molecule has 40 heavy (non-hydrogen) atoms. The molecule has 2 fully saturated rings. The lowest BCUT2D eigenvalue weighted by Crippen LogP contribution is -2.33. The second-order valence-electron chi connectivity index (χ2n) is 10.4. The van der Waals surface area contributed by atoms with Crippen LogP contribution >= 0.6 is 23.8 Å². The molecule has 0 saturated carbocycles. The van der Waals surface area contributed by atoms with Crippen molar-refractivity contribution in [1.29, 1.82) is 0 Å². The van der Waals surface area contributed by atoms with Crippen LogP contribution in [0.1, 0.15) is 53.7 Å². The van der Waals surface area contributed by atoms with Crippen LogP contribution in [-0.2, 0) is 0 Å². The van der Waals surface area contributed by atoms with E-state index < -0.39 is 5.97 Å². The minimum Gasteiger partial charge on any atom is -0.478 e. The van der Waals surface area contributed by atoms with E-state index in [-0.39, 0.29) is 17.6 Å². The summed E-state index contributed by atoms with van der Waals surface area (Å²) in [4.78, 5) is 20.5. The van der Waals surface area contributed by atoms with Crippen LogP contribution in [-0.4, -0.2) is 34.3 Å². The number of furan rings is 1. The molecule has 2 aliphatic heterocycles. The van der Waals surface area contributed by atoms with Crippen molar-refractivity contribution < 1.29 is 14.3 Å². The van der Waals surface area contributed by atoms with E-state index in [4.69, 9.17) is 28.2 Å². The Morgan fingerprint density at radius 1 is 1.07 bits per heavy atom. The van der Waals surface area contributed by atoms with Gasteiger partial charge in [0.25, 0.3) is 0 Å². The lowest BCUT2D eigenvalue weighted by molar-refractivity contribution is 0.0697. The molecule has 0 amide bonds. The molecule has 0 radical (unpaired) electrons.